The first-order valence-corrected chi connectivity index (χ1v) is 8.98. The van der Waals surface area contributed by atoms with Crippen molar-refractivity contribution in [2.45, 2.75) is 0 Å². The molecule has 0 bridgehead atoms. The number of carbonyl (C=O) groups excluding carboxylic acids is 1. The van der Waals surface area contributed by atoms with Crippen molar-refractivity contribution in [2.24, 2.45) is 0 Å². The van der Waals surface area contributed by atoms with E-state index in [-0.39, 0.29) is 10.9 Å². The molecule has 0 spiro atoms. The highest BCUT2D eigenvalue weighted by Crippen LogP contribution is 2.32. The summed E-state index contributed by atoms with van der Waals surface area (Å²) in [5, 5.41) is 3.91. The number of halogens is 1. The van der Waals surface area contributed by atoms with Gasteiger partial charge in [0, 0.05) is 15.5 Å². The second kappa shape index (κ2) is 8.28. The Morgan fingerprint density at radius 2 is 1.81 bits per heavy atom. The number of carbonyl (C=O) groups is 1. The lowest BCUT2D eigenvalue weighted by Gasteiger charge is -2.11. The maximum Gasteiger partial charge on any atom is 0.305 e. The Kier molecular flexibility index (Phi) is 5.82. The van der Waals surface area contributed by atoms with E-state index >= 15 is 0 Å². The van der Waals surface area contributed by atoms with Gasteiger partial charge in [0.05, 0.1) is 14.2 Å². The predicted molar refractivity (Wildman–Crippen MR) is 110 cm³/mol. The molecule has 7 nitrogen and oxygen atoms in total. The van der Waals surface area contributed by atoms with Gasteiger partial charge in [0.15, 0.2) is 22.2 Å². The molecule has 27 heavy (non-hydrogen) atoms. The first-order valence-electron chi connectivity index (χ1n) is 7.78. The Hall–Kier alpha value is -2.78. The number of fused-ring (bicyclic) bond motifs is 1. The van der Waals surface area contributed by atoms with E-state index in [0.29, 0.717) is 11.3 Å². The van der Waals surface area contributed by atoms with E-state index in [1.165, 1.54) is 7.11 Å². The van der Waals surface area contributed by atoms with Crippen LogP contribution in [-0.2, 0) is 0 Å². The third-order valence-electron chi connectivity index (χ3n) is 3.63. The zero-order valence-corrected chi connectivity index (χ0v) is 16.9. The number of hydrazine groups is 1. The zero-order chi connectivity index (χ0) is 19.4. The van der Waals surface area contributed by atoms with Crippen LogP contribution in [0.25, 0.3) is 11.0 Å². The molecule has 1 aromatic heterocycles. The first kappa shape index (κ1) is 19.0. The number of amides is 1. The molecule has 0 aliphatic rings. The van der Waals surface area contributed by atoms with Crippen LogP contribution in [0.15, 0.2) is 51.4 Å². The van der Waals surface area contributed by atoms with E-state index in [1.807, 2.05) is 6.07 Å². The van der Waals surface area contributed by atoms with Crippen molar-refractivity contribution in [3.8, 4) is 11.5 Å². The van der Waals surface area contributed by atoms with Gasteiger partial charge < -0.3 is 19.2 Å². The van der Waals surface area contributed by atoms with Crippen molar-refractivity contribution in [2.75, 3.05) is 19.5 Å². The molecule has 0 unspecified atom stereocenters. The molecule has 3 rings (SSSR count). The molecule has 0 saturated carbocycles. The van der Waals surface area contributed by atoms with Gasteiger partial charge in [-0.15, -0.1) is 0 Å². The number of thiocarbonyl (C=S) groups is 1. The van der Waals surface area contributed by atoms with Gasteiger partial charge in [0.25, 0.3) is 0 Å². The van der Waals surface area contributed by atoms with Gasteiger partial charge in [-0.1, -0.05) is 15.9 Å². The Labute approximate surface area is 169 Å². The van der Waals surface area contributed by atoms with Crippen molar-refractivity contribution in [1.82, 2.24) is 10.9 Å². The fourth-order valence-corrected chi connectivity index (χ4v) is 2.98. The van der Waals surface area contributed by atoms with Gasteiger partial charge >= 0.3 is 5.91 Å². The van der Waals surface area contributed by atoms with Gasteiger partial charge in [0.1, 0.15) is 5.75 Å². The second-order valence-electron chi connectivity index (χ2n) is 5.40. The van der Waals surface area contributed by atoms with Crippen LogP contribution >= 0.6 is 28.1 Å². The zero-order valence-electron chi connectivity index (χ0n) is 14.5. The topological polar surface area (TPSA) is 84.8 Å². The summed E-state index contributed by atoms with van der Waals surface area (Å²) < 4.78 is 16.8. The fraction of sp³-hybridized carbons (Fsp3) is 0.111. The van der Waals surface area contributed by atoms with Crippen molar-refractivity contribution < 1.29 is 18.7 Å². The van der Waals surface area contributed by atoms with Crippen LogP contribution in [0.1, 0.15) is 10.6 Å². The molecule has 0 saturated heterocycles. The minimum atomic E-state index is -0.469. The Balaban J connectivity index is 1.63. The highest BCUT2D eigenvalue weighted by Gasteiger charge is 2.16. The van der Waals surface area contributed by atoms with Gasteiger partial charge in [-0.2, -0.15) is 0 Å². The summed E-state index contributed by atoms with van der Waals surface area (Å²) in [6.45, 7) is 0. The van der Waals surface area contributed by atoms with Crippen LogP contribution < -0.4 is 25.6 Å². The molecule has 1 amide bonds. The molecule has 0 aliphatic heterocycles. The fourth-order valence-electron chi connectivity index (χ4n) is 2.36. The summed E-state index contributed by atoms with van der Waals surface area (Å²) in [6.07, 6.45) is 0. The maximum atomic E-state index is 12.3. The third kappa shape index (κ3) is 4.50. The van der Waals surface area contributed by atoms with Gasteiger partial charge in [-0.25, -0.2) is 0 Å². The lowest BCUT2D eigenvalue weighted by Crippen LogP contribution is -2.43. The molecule has 1 heterocycles. The second-order valence-corrected chi connectivity index (χ2v) is 6.72. The lowest BCUT2D eigenvalue weighted by atomic mass is 10.2. The molecule has 0 radical (unpaired) electrons. The highest BCUT2D eigenvalue weighted by molar-refractivity contribution is 9.10. The quantitative estimate of drug-likeness (QED) is 0.412. The Morgan fingerprint density at radius 1 is 1.07 bits per heavy atom. The number of methoxy groups -OCH3 is 2. The average Bonchev–Trinajstić information content (AvgIpc) is 3.10. The van der Waals surface area contributed by atoms with Crippen molar-refractivity contribution in [3.05, 3.63) is 52.7 Å². The van der Waals surface area contributed by atoms with E-state index in [0.717, 1.165) is 21.3 Å². The molecule has 3 aromatic rings. The molecule has 140 valence electrons. The van der Waals surface area contributed by atoms with Crippen LogP contribution in [0.5, 0.6) is 11.5 Å². The van der Waals surface area contributed by atoms with Crippen molar-refractivity contribution >= 4 is 55.8 Å². The maximum absolute atomic E-state index is 12.3. The van der Waals surface area contributed by atoms with E-state index in [4.69, 9.17) is 26.1 Å². The number of rotatable bonds is 4. The van der Waals surface area contributed by atoms with Crippen LogP contribution in [0.4, 0.5) is 5.69 Å². The van der Waals surface area contributed by atoms with Crippen LogP contribution in [0.3, 0.4) is 0 Å². The smallest absolute Gasteiger partial charge is 0.305 e. The SMILES string of the molecule is COc1ccc(NC(=S)NNC(=O)c2cc3cc(Br)cc(OC)c3o2)cc1. The number of hydrogen-bond donors (Lipinski definition) is 3. The molecule has 0 atom stereocenters. The summed E-state index contributed by atoms with van der Waals surface area (Å²) in [4.78, 5) is 12.3. The van der Waals surface area contributed by atoms with E-state index in [2.05, 4.69) is 32.1 Å². The van der Waals surface area contributed by atoms with E-state index in [9.17, 15) is 4.79 Å². The van der Waals surface area contributed by atoms with Crippen LogP contribution in [0.2, 0.25) is 0 Å². The molecule has 2 aromatic carbocycles. The monoisotopic (exact) mass is 449 g/mol. The number of hydrogen-bond acceptors (Lipinski definition) is 5. The van der Waals surface area contributed by atoms with E-state index < -0.39 is 5.91 Å². The number of benzene rings is 2. The normalized spacial score (nSPS) is 10.3. The summed E-state index contributed by atoms with van der Waals surface area (Å²) in [7, 11) is 3.13. The van der Waals surface area contributed by atoms with Gasteiger partial charge in [-0.05, 0) is 54.7 Å². The largest absolute Gasteiger partial charge is 0.497 e. The minimum Gasteiger partial charge on any atom is -0.497 e. The first-order chi connectivity index (χ1) is 13.0. The highest BCUT2D eigenvalue weighted by atomic mass is 79.9. The van der Waals surface area contributed by atoms with Crippen LogP contribution in [-0.4, -0.2) is 25.2 Å². The standard InChI is InChI=1S/C18H16BrN3O4S/c1-24-13-5-3-12(4-6-13)20-18(27)22-21-17(23)15-8-10-7-11(19)9-14(25-2)16(10)26-15/h3-9H,1-2H3,(H,21,23)(H2,20,22,27). The summed E-state index contributed by atoms with van der Waals surface area (Å²) in [5.41, 5.74) is 6.36. The van der Waals surface area contributed by atoms with E-state index in [1.54, 1.807) is 43.5 Å². The van der Waals surface area contributed by atoms with Crippen molar-refractivity contribution in [1.29, 1.82) is 0 Å². The van der Waals surface area contributed by atoms with Crippen molar-refractivity contribution in [3.63, 3.8) is 0 Å². The Morgan fingerprint density at radius 3 is 2.48 bits per heavy atom. The predicted octanol–water partition coefficient (Wildman–Crippen LogP) is 3.84. The summed E-state index contributed by atoms with van der Waals surface area (Å²) in [5.74, 6) is 0.923. The molecule has 3 N–H and O–H groups in total. The number of furan rings is 1. The molecular weight excluding hydrogens is 434 g/mol. The molecule has 9 heteroatoms. The number of nitrogens with one attached hydrogen (secondary N) is 3. The summed E-state index contributed by atoms with van der Waals surface area (Å²) >= 11 is 8.55. The molecule has 0 aliphatic carbocycles. The van der Waals surface area contributed by atoms with Gasteiger partial charge in [0.2, 0.25) is 0 Å². The Bertz CT molecular complexity index is 988. The van der Waals surface area contributed by atoms with Gasteiger partial charge in [-0.3, -0.25) is 15.6 Å². The number of anilines is 1. The average molecular weight is 450 g/mol. The number of ether oxygens (including phenoxy) is 2. The minimum absolute atomic E-state index is 0.126. The molecule has 0 fully saturated rings. The third-order valence-corrected chi connectivity index (χ3v) is 4.29. The summed E-state index contributed by atoms with van der Waals surface area (Å²) in [6, 6.07) is 12.4. The lowest BCUT2D eigenvalue weighted by molar-refractivity contribution is 0.0918. The van der Waals surface area contributed by atoms with Crippen LogP contribution in [0, 0.1) is 0 Å². The molecular formula is C18H16BrN3O4S.